The molecule has 0 aliphatic carbocycles. The first kappa shape index (κ1) is 25.1. The summed E-state index contributed by atoms with van der Waals surface area (Å²) in [6.45, 7) is 4.19. The van der Waals surface area contributed by atoms with E-state index < -0.39 is 15.4 Å². The molecule has 6 heteroatoms. The van der Waals surface area contributed by atoms with Crippen LogP contribution in [0.15, 0.2) is 0 Å². The zero-order valence-corrected chi connectivity index (χ0v) is 17.5. The zero-order chi connectivity index (χ0) is 16.1. The van der Waals surface area contributed by atoms with Crippen molar-refractivity contribution in [3.63, 3.8) is 0 Å². The van der Waals surface area contributed by atoms with Gasteiger partial charge in [-0.25, -0.2) is 8.42 Å². The van der Waals surface area contributed by atoms with Crippen LogP contribution in [0.4, 0.5) is 0 Å². The average molecular weight is 344 g/mol. The monoisotopic (exact) mass is 344 g/mol. The predicted molar refractivity (Wildman–Crippen MR) is 86.2 cm³/mol. The second-order valence-corrected chi connectivity index (χ2v) is 7.70. The summed E-state index contributed by atoms with van der Waals surface area (Å²) in [5, 5.41) is 9.06. The van der Waals surface area contributed by atoms with Crippen molar-refractivity contribution in [2.45, 2.75) is 102 Å². The third-order valence-corrected chi connectivity index (χ3v) is 5.28. The van der Waals surface area contributed by atoms with E-state index in [1.54, 1.807) is 0 Å². The van der Waals surface area contributed by atoms with Crippen molar-refractivity contribution in [1.82, 2.24) is 0 Å². The Kier molecular flexibility index (Phi) is 17.6. The fourth-order valence-corrected chi connectivity index (χ4v) is 3.49. The molecule has 1 N–H and O–H groups in total. The van der Waals surface area contributed by atoms with E-state index in [0.717, 1.165) is 51.4 Å². The molecule has 0 aromatic rings. The molecule has 0 spiro atoms. The maximum atomic E-state index is 11.2. The van der Waals surface area contributed by atoms with Crippen LogP contribution in [0.2, 0.25) is 0 Å². The van der Waals surface area contributed by atoms with E-state index in [1.807, 2.05) is 0 Å². The molecule has 0 heterocycles. The zero-order valence-electron chi connectivity index (χ0n) is 14.7. The number of rotatable bonds is 14. The number of unbranched alkanes of at least 4 members (excludes halogenated alkanes) is 5. The fraction of sp³-hybridized carbons (Fsp3) is 1.00. The minimum atomic E-state index is -4.18. The van der Waals surface area contributed by atoms with Gasteiger partial charge in [-0.05, 0) is 25.7 Å². The van der Waals surface area contributed by atoms with Gasteiger partial charge in [0.1, 0.15) is 0 Å². The standard InChI is InChI=1S/C16H34O4S.Na/c1-3-5-7-11-15(17)12-9-10-14-16(21(18,19)20)13-8-6-4-2;/h15-17H,3-14H2,1-2H3,(H,18,19,20);/q;+1/p-1. The van der Waals surface area contributed by atoms with Crippen LogP contribution in [0.3, 0.4) is 0 Å². The summed E-state index contributed by atoms with van der Waals surface area (Å²) in [5.74, 6) is 0. The smallest absolute Gasteiger partial charge is 0.748 e. The summed E-state index contributed by atoms with van der Waals surface area (Å²) >= 11 is 0. The molecule has 128 valence electrons. The fourth-order valence-electron chi connectivity index (χ4n) is 2.58. The van der Waals surface area contributed by atoms with Crippen molar-refractivity contribution >= 4 is 10.1 Å². The van der Waals surface area contributed by atoms with Gasteiger partial charge in [0.25, 0.3) is 0 Å². The average Bonchev–Trinajstić information content (AvgIpc) is 2.40. The Morgan fingerprint density at radius 3 is 1.59 bits per heavy atom. The summed E-state index contributed by atoms with van der Waals surface area (Å²) in [6.07, 6.45) is 9.84. The summed E-state index contributed by atoms with van der Waals surface area (Å²) in [5.41, 5.74) is 0. The predicted octanol–water partition coefficient (Wildman–Crippen LogP) is 0.986. The molecule has 0 bridgehead atoms. The van der Waals surface area contributed by atoms with Crippen molar-refractivity contribution in [2.24, 2.45) is 0 Å². The van der Waals surface area contributed by atoms with E-state index in [1.165, 1.54) is 0 Å². The Morgan fingerprint density at radius 1 is 0.818 bits per heavy atom. The normalized spacial score (nSPS) is 14.4. The van der Waals surface area contributed by atoms with Gasteiger partial charge in [-0.1, -0.05) is 65.2 Å². The molecule has 0 rings (SSSR count). The van der Waals surface area contributed by atoms with Crippen molar-refractivity contribution in [3.05, 3.63) is 0 Å². The van der Waals surface area contributed by atoms with Crippen molar-refractivity contribution in [1.29, 1.82) is 0 Å². The first-order chi connectivity index (χ1) is 9.91. The number of hydrogen-bond acceptors (Lipinski definition) is 4. The van der Waals surface area contributed by atoms with Gasteiger partial charge < -0.3 is 9.66 Å². The van der Waals surface area contributed by atoms with Gasteiger partial charge in [0.15, 0.2) is 0 Å². The molecular weight excluding hydrogens is 311 g/mol. The van der Waals surface area contributed by atoms with Gasteiger partial charge in [-0.15, -0.1) is 0 Å². The van der Waals surface area contributed by atoms with Gasteiger partial charge >= 0.3 is 29.6 Å². The SMILES string of the molecule is CCCCCC(O)CCCCC(CCCCC)S(=O)(=O)[O-].[Na+]. The number of aliphatic hydroxyl groups excluding tert-OH is 1. The summed E-state index contributed by atoms with van der Waals surface area (Å²) < 4.78 is 33.7. The molecule has 0 aliphatic rings. The second-order valence-electron chi connectivity index (χ2n) is 6.04. The van der Waals surface area contributed by atoms with Crippen LogP contribution in [0.25, 0.3) is 0 Å². The van der Waals surface area contributed by atoms with Gasteiger partial charge in [-0.2, -0.15) is 0 Å². The van der Waals surface area contributed by atoms with Crippen molar-refractivity contribution in [3.8, 4) is 0 Å². The van der Waals surface area contributed by atoms with Gasteiger partial charge in [0.2, 0.25) is 0 Å². The molecule has 0 amide bonds. The van der Waals surface area contributed by atoms with E-state index in [9.17, 15) is 18.1 Å². The first-order valence-corrected chi connectivity index (χ1v) is 10.0. The molecule has 2 unspecified atom stereocenters. The molecule has 4 nitrogen and oxygen atoms in total. The second kappa shape index (κ2) is 15.4. The number of aliphatic hydroxyl groups is 1. The molecule has 0 aromatic heterocycles. The van der Waals surface area contributed by atoms with E-state index >= 15 is 0 Å². The van der Waals surface area contributed by atoms with Gasteiger partial charge in [0.05, 0.1) is 16.2 Å². The summed E-state index contributed by atoms with van der Waals surface area (Å²) in [6, 6.07) is 0. The summed E-state index contributed by atoms with van der Waals surface area (Å²) in [4.78, 5) is 0. The quantitative estimate of drug-likeness (QED) is 0.290. The van der Waals surface area contributed by atoms with E-state index in [4.69, 9.17) is 0 Å². The Morgan fingerprint density at radius 2 is 1.18 bits per heavy atom. The molecule has 0 fully saturated rings. The van der Waals surface area contributed by atoms with E-state index in [2.05, 4.69) is 13.8 Å². The Hall–Kier alpha value is 0.870. The van der Waals surface area contributed by atoms with Crippen LogP contribution in [0.5, 0.6) is 0 Å². The molecule has 2 atom stereocenters. The number of hydrogen-bond donors (Lipinski definition) is 1. The van der Waals surface area contributed by atoms with Crippen LogP contribution in [-0.4, -0.2) is 29.4 Å². The third-order valence-electron chi connectivity index (χ3n) is 3.99. The minimum absolute atomic E-state index is 0. The molecule has 0 aromatic carbocycles. The Bertz CT molecular complexity index is 333. The van der Waals surface area contributed by atoms with Crippen LogP contribution >= 0.6 is 0 Å². The molecule has 0 aliphatic heterocycles. The van der Waals surface area contributed by atoms with Crippen LogP contribution < -0.4 is 29.6 Å². The molecule has 0 saturated heterocycles. The van der Waals surface area contributed by atoms with E-state index in [-0.39, 0.29) is 35.7 Å². The molecule has 0 saturated carbocycles. The largest absolute Gasteiger partial charge is 1.00 e. The molecule has 0 radical (unpaired) electrons. The topological polar surface area (TPSA) is 77.4 Å². The first-order valence-electron chi connectivity index (χ1n) is 8.54. The van der Waals surface area contributed by atoms with Crippen molar-refractivity contribution < 1.29 is 47.6 Å². The Balaban J connectivity index is 0. The molecular formula is C16H33NaO4S. The van der Waals surface area contributed by atoms with Gasteiger partial charge in [-0.3, -0.25) is 0 Å². The van der Waals surface area contributed by atoms with Crippen LogP contribution in [0.1, 0.15) is 90.9 Å². The summed E-state index contributed by atoms with van der Waals surface area (Å²) in [7, 11) is -4.18. The van der Waals surface area contributed by atoms with Crippen LogP contribution in [-0.2, 0) is 10.1 Å². The molecule has 22 heavy (non-hydrogen) atoms. The minimum Gasteiger partial charge on any atom is -0.748 e. The Labute approximate surface area is 159 Å². The van der Waals surface area contributed by atoms with Crippen LogP contribution in [0, 0.1) is 0 Å². The van der Waals surface area contributed by atoms with E-state index in [0.29, 0.717) is 25.7 Å². The third kappa shape index (κ3) is 14.5. The van der Waals surface area contributed by atoms with Gasteiger partial charge in [0, 0.05) is 5.25 Å². The maximum Gasteiger partial charge on any atom is 1.00 e. The van der Waals surface area contributed by atoms with Crippen molar-refractivity contribution in [2.75, 3.05) is 0 Å². The maximum absolute atomic E-state index is 11.2.